The Balaban J connectivity index is 1.56. The molecular formula is C21H28N4O2. The first-order valence-corrected chi connectivity index (χ1v) is 9.85. The highest BCUT2D eigenvalue weighted by molar-refractivity contribution is 5.51. The molecule has 27 heavy (non-hydrogen) atoms. The summed E-state index contributed by atoms with van der Waals surface area (Å²) in [5, 5.41) is 0. The van der Waals surface area contributed by atoms with Gasteiger partial charge < -0.3 is 19.3 Å². The fourth-order valence-corrected chi connectivity index (χ4v) is 4.02. The molecule has 0 atom stereocenters. The minimum Gasteiger partial charge on any atom is -0.493 e. The van der Waals surface area contributed by atoms with Crippen LogP contribution in [-0.2, 0) is 13.0 Å². The molecule has 6 heteroatoms. The largest absolute Gasteiger partial charge is 0.493 e. The number of ether oxygens (including phenoxy) is 2. The highest BCUT2D eigenvalue weighted by Crippen LogP contribution is 2.34. The second-order valence-corrected chi connectivity index (χ2v) is 7.26. The average Bonchev–Trinajstić information content (AvgIpc) is 3.02. The molecule has 2 aromatic rings. The Morgan fingerprint density at radius 1 is 0.852 bits per heavy atom. The lowest BCUT2D eigenvalue weighted by Gasteiger charge is -2.30. The number of fused-ring (bicyclic) bond motifs is 1. The zero-order valence-corrected chi connectivity index (χ0v) is 16.3. The second-order valence-electron chi connectivity index (χ2n) is 7.26. The molecule has 0 N–H and O–H groups in total. The summed E-state index contributed by atoms with van der Waals surface area (Å²) in [5.41, 5.74) is 2.57. The molecule has 1 aromatic heterocycles. The summed E-state index contributed by atoms with van der Waals surface area (Å²) in [4.78, 5) is 14.1. The van der Waals surface area contributed by atoms with E-state index in [0.717, 1.165) is 55.9 Å². The van der Waals surface area contributed by atoms with Crippen molar-refractivity contribution in [3.8, 4) is 11.5 Å². The van der Waals surface area contributed by atoms with Crippen LogP contribution in [0.4, 0.5) is 11.8 Å². The van der Waals surface area contributed by atoms with Crippen LogP contribution in [0.2, 0.25) is 0 Å². The monoisotopic (exact) mass is 368 g/mol. The summed E-state index contributed by atoms with van der Waals surface area (Å²) in [5.74, 6) is 3.44. The zero-order valence-electron chi connectivity index (χ0n) is 16.3. The molecule has 2 aliphatic rings. The lowest BCUT2D eigenvalue weighted by Crippen LogP contribution is -2.32. The summed E-state index contributed by atoms with van der Waals surface area (Å²) >= 11 is 0. The smallest absolute Gasteiger partial charge is 0.227 e. The maximum atomic E-state index is 5.47. The highest BCUT2D eigenvalue weighted by Gasteiger charge is 2.22. The molecule has 0 radical (unpaired) electrons. The van der Waals surface area contributed by atoms with E-state index in [1.807, 2.05) is 12.3 Å². The maximum Gasteiger partial charge on any atom is 0.227 e. The first-order valence-electron chi connectivity index (χ1n) is 9.85. The lowest BCUT2D eigenvalue weighted by atomic mass is 9.99. The number of benzene rings is 1. The normalized spacial score (nSPS) is 17.3. The van der Waals surface area contributed by atoms with Crippen LogP contribution >= 0.6 is 0 Å². The number of hydrogen-bond donors (Lipinski definition) is 0. The van der Waals surface area contributed by atoms with Crippen molar-refractivity contribution in [2.75, 3.05) is 43.7 Å². The van der Waals surface area contributed by atoms with Crippen LogP contribution in [0.1, 0.15) is 36.8 Å². The lowest BCUT2D eigenvalue weighted by molar-refractivity contribution is 0.353. The average molecular weight is 368 g/mol. The third-order valence-corrected chi connectivity index (χ3v) is 5.56. The predicted octanol–water partition coefficient (Wildman–Crippen LogP) is 3.44. The van der Waals surface area contributed by atoms with Gasteiger partial charge in [-0.15, -0.1) is 0 Å². The van der Waals surface area contributed by atoms with Crippen LogP contribution in [0.15, 0.2) is 24.4 Å². The van der Waals surface area contributed by atoms with Crippen molar-refractivity contribution in [2.24, 2.45) is 0 Å². The molecule has 1 saturated heterocycles. The van der Waals surface area contributed by atoms with E-state index in [2.05, 4.69) is 26.9 Å². The molecule has 0 unspecified atom stereocenters. The van der Waals surface area contributed by atoms with Crippen LogP contribution < -0.4 is 19.3 Å². The number of rotatable bonds is 4. The molecule has 4 rings (SSSR count). The highest BCUT2D eigenvalue weighted by atomic mass is 16.5. The van der Waals surface area contributed by atoms with Gasteiger partial charge in [-0.1, -0.05) is 12.8 Å². The van der Waals surface area contributed by atoms with Crippen molar-refractivity contribution in [3.63, 3.8) is 0 Å². The van der Waals surface area contributed by atoms with E-state index in [4.69, 9.17) is 14.5 Å². The molecule has 1 fully saturated rings. The fraction of sp³-hybridized carbons (Fsp3) is 0.524. The van der Waals surface area contributed by atoms with Crippen LogP contribution in [0.25, 0.3) is 0 Å². The van der Waals surface area contributed by atoms with E-state index in [-0.39, 0.29) is 0 Å². The van der Waals surface area contributed by atoms with Gasteiger partial charge in [0.15, 0.2) is 11.5 Å². The van der Waals surface area contributed by atoms with Gasteiger partial charge in [0.1, 0.15) is 5.82 Å². The van der Waals surface area contributed by atoms with E-state index >= 15 is 0 Å². The summed E-state index contributed by atoms with van der Waals surface area (Å²) < 4.78 is 10.9. The van der Waals surface area contributed by atoms with Crippen molar-refractivity contribution in [2.45, 2.75) is 38.6 Å². The van der Waals surface area contributed by atoms with Gasteiger partial charge >= 0.3 is 0 Å². The fourth-order valence-electron chi connectivity index (χ4n) is 4.02. The number of methoxy groups -OCH3 is 2. The molecular weight excluding hydrogens is 340 g/mol. The summed E-state index contributed by atoms with van der Waals surface area (Å²) in [6, 6.07) is 6.22. The number of nitrogens with zero attached hydrogens (tertiary/aromatic N) is 4. The number of aromatic nitrogens is 2. The minimum absolute atomic E-state index is 0.775. The predicted molar refractivity (Wildman–Crippen MR) is 107 cm³/mol. The van der Waals surface area contributed by atoms with Gasteiger partial charge in [0.25, 0.3) is 0 Å². The number of anilines is 2. The summed E-state index contributed by atoms with van der Waals surface area (Å²) in [6.45, 7) is 3.89. The zero-order chi connectivity index (χ0) is 18.6. The first-order chi connectivity index (χ1) is 13.3. The van der Waals surface area contributed by atoms with Crippen LogP contribution in [-0.4, -0.2) is 43.8 Å². The minimum atomic E-state index is 0.775. The van der Waals surface area contributed by atoms with Crippen LogP contribution in [0, 0.1) is 0 Å². The molecule has 0 bridgehead atoms. The third-order valence-electron chi connectivity index (χ3n) is 5.56. The van der Waals surface area contributed by atoms with E-state index in [1.165, 1.54) is 36.8 Å². The Bertz CT molecular complexity index is 788. The van der Waals surface area contributed by atoms with Crippen LogP contribution in [0.3, 0.4) is 0 Å². The molecule has 3 heterocycles. The van der Waals surface area contributed by atoms with Crippen molar-refractivity contribution in [1.29, 1.82) is 0 Å². The quantitative estimate of drug-likeness (QED) is 0.824. The maximum absolute atomic E-state index is 5.47. The Morgan fingerprint density at radius 2 is 1.56 bits per heavy atom. The van der Waals surface area contributed by atoms with Crippen molar-refractivity contribution >= 4 is 11.8 Å². The van der Waals surface area contributed by atoms with Gasteiger partial charge in [-0.2, -0.15) is 4.98 Å². The molecule has 1 aromatic carbocycles. The Hall–Kier alpha value is -2.50. The van der Waals surface area contributed by atoms with Crippen molar-refractivity contribution < 1.29 is 9.47 Å². The van der Waals surface area contributed by atoms with Gasteiger partial charge in [0, 0.05) is 32.4 Å². The van der Waals surface area contributed by atoms with Gasteiger partial charge in [-0.25, -0.2) is 4.98 Å². The molecule has 0 spiro atoms. The standard InChI is InChI=1S/C21H28N4O2/c1-26-18-13-16-8-12-25(15-17(16)14-19(18)27-2)21-22-9-7-20(23-21)24-10-5-3-4-6-11-24/h7,9,13-14H,3-6,8,10-12,15H2,1-2H3. The van der Waals surface area contributed by atoms with Gasteiger partial charge in [0.2, 0.25) is 5.95 Å². The summed E-state index contributed by atoms with van der Waals surface area (Å²) in [7, 11) is 3.36. The van der Waals surface area contributed by atoms with Gasteiger partial charge in [-0.3, -0.25) is 0 Å². The van der Waals surface area contributed by atoms with Crippen LogP contribution in [0.5, 0.6) is 11.5 Å². The molecule has 6 nitrogen and oxygen atoms in total. The second kappa shape index (κ2) is 8.03. The van der Waals surface area contributed by atoms with E-state index in [0.29, 0.717) is 0 Å². The molecule has 2 aliphatic heterocycles. The third kappa shape index (κ3) is 3.80. The van der Waals surface area contributed by atoms with E-state index < -0.39 is 0 Å². The SMILES string of the molecule is COc1cc2c(cc1OC)CN(c1nccc(N3CCCCCC3)n1)CC2. The molecule has 0 amide bonds. The Labute approximate surface area is 161 Å². The summed E-state index contributed by atoms with van der Waals surface area (Å²) in [6.07, 6.45) is 7.99. The van der Waals surface area contributed by atoms with E-state index in [9.17, 15) is 0 Å². The Morgan fingerprint density at radius 3 is 2.26 bits per heavy atom. The van der Waals surface area contributed by atoms with Gasteiger partial charge in [0.05, 0.1) is 14.2 Å². The topological polar surface area (TPSA) is 50.7 Å². The first kappa shape index (κ1) is 17.9. The molecule has 0 aliphatic carbocycles. The van der Waals surface area contributed by atoms with E-state index in [1.54, 1.807) is 14.2 Å². The van der Waals surface area contributed by atoms with Crippen molar-refractivity contribution in [1.82, 2.24) is 9.97 Å². The number of hydrogen-bond acceptors (Lipinski definition) is 6. The molecule has 0 saturated carbocycles. The Kier molecular flexibility index (Phi) is 5.32. The molecule has 144 valence electrons. The van der Waals surface area contributed by atoms with Crippen molar-refractivity contribution in [3.05, 3.63) is 35.5 Å². The van der Waals surface area contributed by atoms with Gasteiger partial charge in [-0.05, 0) is 48.6 Å².